The average Bonchev–Trinajstić information content (AvgIpc) is 0.955. The lowest BCUT2D eigenvalue weighted by atomic mass is 9.99. The summed E-state index contributed by atoms with van der Waals surface area (Å²) in [4.78, 5) is 73.0. The molecule has 0 saturated heterocycles. The number of ether oxygens (including phenoxy) is 4. The summed E-state index contributed by atoms with van der Waals surface area (Å²) < 4.78 is 68.7. The van der Waals surface area contributed by atoms with Crippen LogP contribution in [0.3, 0.4) is 0 Å². The van der Waals surface area contributed by atoms with Gasteiger partial charge in [0.25, 0.3) is 0 Å². The molecule has 100 heavy (non-hydrogen) atoms. The van der Waals surface area contributed by atoms with Gasteiger partial charge in [-0.2, -0.15) is 0 Å². The highest BCUT2D eigenvalue weighted by atomic mass is 31.2. The number of esters is 4. The average molecular weight is 1470 g/mol. The van der Waals surface area contributed by atoms with Crippen molar-refractivity contribution in [3.63, 3.8) is 0 Å². The molecule has 0 aromatic heterocycles. The Kier molecular flexibility index (Phi) is 69.9. The molecule has 0 heterocycles. The largest absolute Gasteiger partial charge is 0.472 e. The van der Waals surface area contributed by atoms with Crippen molar-refractivity contribution in [2.24, 2.45) is 17.8 Å². The normalized spacial score (nSPS) is 14.2. The fraction of sp³-hybridized carbons (Fsp3) is 0.951. The highest BCUT2D eigenvalue weighted by Gasteiger charge is 2.30. The summed E-state index contributed by atoms with van der Waals surface area (Å²) >= 11 is 0. The van der Waals surface area contributed by atoms with E-state index >= 15 is 0 Å². The Labute approximate surface area is 613 Å². The molecule has 0 rings (SSSR count). The molecular formula is C81H158O17P2. The molecule has 3 N–H and O–H groups in total. The SMILES string of the molecule is CCCCCCCCCCCCCCCCCCCCCCC(=O)O[C@H](COC(=O)CCCCCCCCCCCCCCCCC(C)C)COP(=O)(O)OC[C@@H](O)COP(=O)(O)OC[C@@H](COC(=O)CCCCCCCCCCC(C)C)OC(=O)CCCCCCCCCCC(C)CC. The third-order valence-corrected chi connectivity index (χ3v) is 21.1. The Balaban J connectivity index is 5.24. The number of phosphoric acid groups is 2. The molecule has 0 radical (unpaired) electrons. The van der Waals surface area contributed by atoms with E-state index in [1.807, 2.05) is 0 Å². The van der Waals surface area contributed by atoms with Gasteiger partial charge in [-0.3, -0.25) is 37.3 Å². The standard InChI is InChI=1S/C81H158O17P2/c1-8-10-11-12-13-14-15-16-17-18-19-20-21-22-27-30-33-43-50-57-64-80(85)97-76(68-91-78(83)62-55-48-41-32-29-26-24-23-25-28-31-38-45-52-59-72(3)4)70-95-99(87,88)93-66-75(82)67-94-100(89,90)96-71-77(69-92-79(84)63-56-49-42-36-34-39-46-53-60-73(5)6)98-81(86)65-58-51-44-37-35-40-47-54-61-74(7)9-2/h72-77,82H,8-71H2,1-7H3,(H,87,88)(H,89,90)/t74?,75-,76-,77-/m1/s1. The van der Waals surface area contributed by atoms with Gasteiger partial charge in [0.05, 0.1) is 26.4 Å². The second kappa shape index (κ2) is 71.3. The fourth-order valence-corrected chi connectivity index (χ4v) is 14.0. The minimum atomic E-state index is -4.96. The molecule has 3 unspecified atom stereocenters. The van der Waals surface area contributed by atoms with Gasteiger partial charge in [-0.05, 0) is 43.4 Å². The van der Waals surface area contributed by atoms with Crippen molar-refractivity contribution in [3.05, 3.63) is 0 Å². The minimum absolute atomic E-state index is 0.104. The first kappa shape index (κ1) is 98.1. The summed E-state index contributed by atoms with van der Waals surface area (Å²) in [5.74, 6) is 0.181. The van der Waals surface area contributed by atoms with Crippen LogP contribution in [0.25, 0.3) is 0 Å². The molecular weight excluding hydrogens is 1310 g/mol. The lowest BCUT2D eigenvalue weighted by molar-refractivity contribution is -0.161. The van der Waals surface area contributed by atoms with Crippen LogP contribution in [0.4, 0.5) is 0 Å². The van der Waals surface area contributed by atoms with Crippen molar-refractivity contribution in [2.45, 2.75) is 439 Å². The summed E-state index contributed by atoms with van der Waals surface area (Å²) in [6, 6.07) is 0. The summed E-state index contributed by atoms with van der Waals surface area (Å²) in [6.45, 7) is 11.9. The second-order valence-corrected chi connectivity index (χ2v) is 33.3. The van der Waals surface area contributed by atoms with Crippen molar-refractivity contribution in [2.75, 3.05) is 39.6 Å². The Morgan fingerprint density at radius 2 is 0.510 bits per heavy atom. The molecule has 0 spiro atoms. The van der Waals surface area contributed by atoms with Crippen LogP contribution in [-0.4, -0.2) is 96.7 Å². The number of aliphatic hydroxyl groups is 1. The molecule has 594 valence electrons. The molecule has 6 atom stereocenters. The fourth-order valence-electron chi connectivity index (χ4n) is 12.5. The molecule has 0 aromatic rings. The lowest BCUT2D eigenvalue weighted by Gasteiger charge is -2.21. The van der Waals surface area contributed by atoms with Crippen LogP contribution in [0.5, 0.6) is 0 Å². The van der Waals surface area contributed by atoms with E-state index in [2.05, 4.69) is 48.5 Å². The monoisotopic (exact) mass is 1470 g/mol. The Morgan fingerprint density at radius 1 is 0.290 bits per heavy atom. The van der Waals surface area contributed by atoms with Crippen LogP contribution in [0, 0.1) is 17.8 Å². The Hall–Kier alpha value is -1.94. The van der Waals surface area contributed by atoms with Gasteiger partial charge < -0.3 is 33.8 Å². The summed E-state index contributed by atoms with van der Waals surface area (Å²) in [6.07, 6.45) is 59.7. The van der Waals surface area contributed by atoms with Gasteiger partial charge in [-0.25, -0.2) is 9.13 Å². The van der Waals surface area contributed by atoms with Crippen molar-refractivity contribution in [3.8, 4) is 0 Å². The van der Waals surface area contributed by atoms with Crippen LogP contribution in [-0.2, 0) is 65.4 Å². The maximum atomic E-state index is 13.1. The van der Waals surface area contributed by atoms with Gasteiger partial charge in [0.2, 0.25) is 0 Å². The number of aliphatic hydroxyl groups excluding tert-OH is 1. The minimum Gasteiger partial charge on any atom is -0.462 e. The molecule has 19 heteroatoms. The molecule has 0 bridgehead atoms. The molecule has 17 nitrogen and oxygen atoms in total. The van der Waals surface area contributed by atoms with Crippen molar-refractivity contribution in [1.82, 2.24) is 0 Å². The zero-order valence-corrected chi connectivity index (χ0v) is 67.5. The first-order chi connectivity index (χ1) is 48.3. The Bertz CT molecular complexity index is 1940. The number of carbonyl (C=O) groups is 4. The van der Waals surface area contributed by atoms with Gasteiger partial charge in [0, 0.05) is 25.7 Å². The third-order valence-electron chi connectivity index (χ3n) is 19.2. The topological polar surface area (TPSA) is 237 Å². The van der Waals surface area contributed by atoms with E-state index < -0.39 is 97.5 Å². The van der Waals surface area contributed by atoms with E-state index in [0.29, 0.717) is 25.7 Å². The van der Waals surface area contributed by atoms with E-state index in [-0.39, 0.29) is 25.7 Å². The van der Waals surface area contributed by atoms with Crippen LogP contribution >= 0.6 is 15.6 Å². The first-order valence-corrected chi connectivity index (χ1v) is 44.9. The van der Waals surface area contributed by atoms with Gasteiger partial charge >= 0.3 is 39.5 Å². The van der Waals surface area contributed by atoms with Crippen LogP contribution in [0.1, 0.15) is 421 Å². The lowest BCUT2D eigenvalue weighted by Crippen LogP contribution is -2.30. The summed E-state index contributed by atoms with van der Waals surface area (Å²) in [7, 11) is -9.92. The number of hydrogen-bond donors (Lipinski definition) is 3. The Morgan fingerprint density at radius 3 is 0.760 bits per heavy atom. The van der Waals surface area contributed by atoms with Crippen LogP contribution < -0.4 is 0 Å². The predicted molar refractivity (Wildman–Crippen MR) is 409 cm³/mol. The quantitative estimate of drug-likeness (QED) is 0.0222. The number of hydrogen-bond acceptors (Lipinski definition) is 15. The molecule has 0 aliphatic carbocycles. The molecule has 0 aliphatic rings. The highest BCUT2D eigenvalue weighted by Crippen LogP contribution is 2.45. The first-order valence-electron chi connectivity index (χ1n) is 41.9. The van der Waals surface area contributed by atoms with Crippen molar-refractivity contribution < 1.29 is 80.2 Å². The molecule has 0 saturated carbocycles. The van der Waals surface area contributed by atoms with Gasteiger partial charge in [0.15, 0.2) is 12.2 Å². The van der Waals surface area contributed by atoms with Crippen LogP contribution in [0.15, 0.2) is 0 Å². The summed E-state index contributed by atoms with van der Waals surface area (Å²) in [5.41, 5.74) is 0. The number of rotatable bonds is 79. The zero-order chi connectivity index (χ0) is 73.7. The van der Waals surface area contributed by atoms with E-state index in [1.54, 1.807) is 0 Å². The third kappa shape index (κ3) is 73.0. The van der Waals surface area contributed by atoms with Crippen molar-refractivity contribution in [1.29, 1.82) is 0 Å². The van der Waals surface area contributed by atoms with Gasteiger partial charge in [0.1, 0.15) is 19.3 Å². The molecule has 0 fully saturated rings. The van der Waals surface area contributed by atoms with E-state index in [9.17, 15) is 43.2 Å². The summed E-state index contributed by atoms with van der Waals surface area (Å²) in [5, 5.41) is 10.6. The predicted octanol–water partition coefficient (Wildman–Crippen LogP) is 24.1. The highest BCUT2D eigenvalue weighted by molar-refractivity contribution is 7.47. The second-order valence-electron chi connectivity index (χ2n) is 30.4. The number of carbonyl (C=O) groups excluding carboxylic acids is 4. The van der Waals surface area contributed by atoms with E-state index in [1.165, 1.54) is 231 Å². The van der Waals surface area contributed by atoms with Gasteiger partial charge in [-0.1, -0.05) is 370 Å². The number of phosphoric ester groups is 2. The molecule has 0 aromatic carbocycles. The maximum Gasteiger partial charge on any atom is 0.472 e. The van der Waals surface area contributed by atoms with E-state index in [0.717, 1.165) is 108 Å². The molecule has 0 aliphatic heterocycles. The zero-order valence-electron chi connectivity index (χ0n) is 65.7. The smallest absolute Gasteiger partial charge is 0.462 e. The van der Waals surface area contributed by atoms with Gasteiger partial charge in [-0.15, -0.1) is 0 Å². The van der Waals surface area contributed by atoms with Crippen LogP contribution in [0.2, 0.25) is 0 Å². The molecule has 0 amide bonds. The van der Waals surface area contributed by atoms with Crippen molar-refractivity contribution >= 4 is 39.5 Å². The van der Waals surface area contributed by atoms with E-state index in [4.69, 9.17) is 37.0 Å². The maximum absolute atomic E-state index is 13.1. The number of unbranched alkanes of at least 4 members (excludes halogenated alkanes) is 46.